The molecule has 0 atom stereocenters. The van der Waals surface area contributed by atoms with Crippen molar-refractivity contribution in [3.05, 3.63) is 23.8 Å². The summed E-state index contributed by atoms with van der Waals surface area (Å²) in [6, 6.07) is 5.71. The van der Waals surface area contributed by atoms with E-state index in [1.807, 2.05) is 59.7 Å². The van der Waals surface area contributed by atoms with Crippen molar-refractivity contribution in [2.24, 2.45) is 5.41 Å². The maximum absolute atomic E-state index is 12.8. The normalized spacial score (nSPS) is 13.0. The highest BCUT2D eigenvalue weighted by Gasteiger charge is 2.27. The number of carbonyl (C=O) groups excluding carboxylic acids is 1. The third-order valence-electron chi connectivity index (χ3n) is 2.85. The van der Waals surface area contributed by atoms with Gasteiger partial charge in [-0.3, -0.25) is 4.79 Å². The summed E-state index contributed by atoms with van der Waals surface area (Å²) < 4.78 is 5.91. The van der Waals surface area contributed by atoms with E-state index in [2.05, 4.69) is 26.1 Å². The van der Waals surface area contributed by atoms with Crippen LogP contribution in [0.3, 0.4) is 0 Å². The largest absolute Gasteiger partial charge is 0.488 e. The van der Waals surface area contributed by atoms with Crippen LogP contribution in [0, 0.1) is 5.41 Å². The molecular weight excluding hydrogens is 274 g/mol. The maximum Gasteiger partial charge on any atom is 0.170 e. The number of carbonyl (C=O) groups is 1. The lowest BCUT2D eigenvalue weighted by Gasteiger charge is -2.27. The third-order valence-corrected chi connectivity index (χ3v) is 2.85. The molecule has 0 saturated carbocycles. The fraction of sp³-hybridized carbons (Fsp3) is 0.632. The zero-order valence-electron chi connectivity index (χ0n) is 15.5. The molecule has 3 nitrogen and oxygen atoms in total. The number of rotatable bonds is 3. The molecule has 22 heavy (non-hydrogen) atoms. The first-order valence-electron chi connectivity index (χ1n) is 7.85. The molecule has 0 heterocycles. The van der Waals surface area contributed by atoms with Gasteiger partial charge in [0.05, 0.1) is 0 Å². The standard InChI is InChI=1S/C19H31NO2/c1-17(2,3)16(21)14-12-13(22-19(7,8)9)10-11-15(14)20-18(4,5)6/h10-12,20H,1-9H3. The highest BCUT2D eigenvalue weighted by Crippen LogP contribution is 2.32. The van der Waals surface area contributed by atoms with Crippen molar-refractivity contribution in [3.63, 3.8) is 0 Å². The molecule has 0 aliphatic heterocycles. The zero-order valence-corrected chi connectivity index (χ0v) is 15.5. The Kier molecular flexibility index (Phi) is 5.01. The van der Waals surface area contributed by atoms with Crippen LogP contribution >= 0.6 is 0 Å². The molecule has 1 N–H and O–H groups in total. The summed E-state index contributed by atoms with van der Waals surface area (Å²) in [5.41, 5.74) is 0.701. The van der Waals surface area contributed by atoms with E-state index in [0.717, 1.165) is 11.4 Å². The van der Waals surface area contributed by atoms with Crippen molar-refractivity contribution in [1.29, 1.82) is 0 Å². The lowest BCUT2D eigenvalue weighted by Crippen LogP contribution is -2.29. The van der Waals surface area contributed by atoms with Crippen molar-refractivity contribution in [2.45, 2.75) is 73.5 Å². The molecule has 0 unspecified atom stereocenters. The number of hydrogen-bond acceptors (Lipinski definition) is 3. The number of benzene rings is 1. The molecule has 0 aromatic heterocycles. The van der Waals surface area contributed by atoms with Gasteiger partial charge in [-0.2, -0.15) is 0 Å². The van der Waals surface area contributed by atoms with Crippen molar-refractivity contribution in [1.82, 2.24) is 0 Å². The van der Waals surface area contributed by atoms with Gasteiger partial charge in [-0.05, 0) is 59.7 Å². The predicted molar refractivity (Wildman–Crippen MR) is 94.0 cm³/mol. The predicted octanol–water partition coefficient (Wildman–Crippen LogP) is 5.30. The Hall–Kier alpha value is -1.51. The molecule has 1 rings (SSSR count). The van der Waals surface area contributed by atoms with Crippen molar-refractivity contribution >= 4 is 11.5 Å². The van der Waals surface area contributed by atoms with E-state index < -0.39 is 5.41 Å². The third kappa shape index (κ3) is 5.70. The number of ketones is 1. The van der Waals surface area contributed by atoms with Gasteiger partial charge < -0.3 is 10.1 Å². The fourth-order valence-corrected chi connectivity index (χ4v) is 2.05. The molecule has 0 bridgehead atoms. The smallest absolute Gasteiger partial charge is 0.170 e. The Bertz CT molecular complexity index is 540. The number of ether oxygens (including phenoxy) is 1. The second-order valence-corrected chi connectivity index (χ2v) is 8.88. The Labute approximate surface area is 135 Å². The van der Waals surface area contributed by atoms with Crippen LogP contribution in [-0.4, -0.2) is 16.9 Å². The summed E-state index contributed by atoms with van der Waals surface area (Å²) in [7, 11) is 0. The van der Waals surface area contributed by atoms with Crippen molar-refractivity contribution in [2.75, 3.05) is 5.32 Å². The average Bonchev–Trinajstić information content (AvgIpc) is 2.25. The van der Waals surface area contributed by atoms with E-state index in [1.54, 1.807) is 0 Å². The Balaban J connectivity index is 3.31. The van der Waals surface area contributed by atoms with Crippen molar-refractivity contribution < 1.29 is 9.53 Å². The summed E-state index contributed by atoms with van der Waals surface area (Å²) in [5.74, 6) is 0.832. The van der Waals surface area contributed by atoms with Crippen LogP contribution in [-0.2, 0) is 0 Å². The second kappa shape index (κ2) is 5.94. The average molecular weight is 305 g/mol. The highest BCUT2D eigenvalue weighted by molar-refractivity contribution is 6.04. The molecule has 3 heteroatoms. The molecule has 0 amide bonds. The molecule has 0 spiro atoms. The minimum Gasteiger partial charge on any atom is -0.488 e. The molecule has 0 radical (unpaired) electrons. The molecule has 124 valence electrons. The van der Waals surface area contributed by atoms with Gasteiger partial charge in [0, 0.05) is 22.2 Å². The first-order valence-corrected chi connectivity index (χ1v) is 7.85. The van der Waals surface area contributed by atoms with Gasteiger partial charge in [0.1, 0.15) is 11.4 Å². The van der Waals surface area contributed by atoms with Gasteiger partial charge in [-0.15, -0.1) is 0 Å². The minimum absolute atomic E-state index is 0.110. The molecular formula is C19H31NO2. The highest BCUT2D eigenvalue weighted by atomic mass is 16.5. The van der Waals surface area contributed by atoms with E-state index in [0.29, 0.717) is 5.56 Å². The van der Waals surface area contributed by atoms with Gasteiger partial charge >= 0.3 is 0 Å². The number of nitrogens with one attached hydrogen (secondary N) is 1. The fourth-order valence-electron chi connectivity index (χ4n) is 2.05. The molecule has 1 aromatic carbocycles. The second-order valence-electron chi connectivity index (χ2n) is 8.88. The van der Waals surface area contributed by atoms with Crippen LogP contribution in [0.15, 0.2) is 18.2 Å². The summed E-state index contributed by atoms with van der Waals surface area (Å²) in [5, 5.41) is 3.42. The Morgan fingerprint density at radius 3 is 1.91 bits per heavy atom. The summed E-state index contributed by atoms with van der Waals surface area (Å²) in [6.07, 6.45) is 0. The van der Waals surface area contributed by atoms with Gasteiger partial charge in [0.2, 0.25) is 0 Å². The van der Waals surface area contributed by atoms with Crippen LogP contribution in [0.1, 0.15) is 72.7 Å². The lowest BCUT2D eigenvalue weighted by molar-refractivity contribution is 0.0856. The Morgan fingerprint density at radius 2 is 1.50 bits per heavy atom. The first kappa shape index (κ1) is 18.5. The molecule has 0 aliphatic rings. The van der Waals surface area contributed by atoms with Crippen LogP contribution in [0.2, 0.25) is 0 Å². The Morgan fingerprint density at radius 1 is 0.955 bits per heavy atom. The molecule has 0 aliphatic carbocycles. The van der Waals surface area contributed by atoms with Gasteiger partial charge in [0.25, 0.3) is 0 Å². The van der Waals surface area contributed by atoms with Gasteiger partial charge in [0.15, 0.2) is 5.78 Å². The van der Waals surface area contributed by atoms with Crippen LogP contribution in [0.4, 0.5) is 5.69 Å². The lowest BCUT2D eigenvalue weighted by atomic mass is 9.85. The van der Waals surface area contributed by atoms with Crippen LogP contribution < -0.4 is 10.1 Å². The maximum atomic E-state index is 12.8. The van der Waals surface area contributed by atoms with E-state index in [-0.39, 0.29) is 16.9 Å². The minimum atomic E-state index is -0.436. The molecule has 0 saturated heterocycles. The van der Waals surface area contributed by atoms with Crippen LogP contribution in [0.5, 0.6) is 5.75 Å². The van der Waals surface area contributed by atoms with E-state index in [9.17, 15) is 4.79 Å². The van der Waals surface area contributed by atoms with Gasteiger partial charge in [-0.25, -0.2) is 0 Å². The quantitative estimate of drug-likeness (QED) is 0.770. The van der Waals surface area contributed by atoms with Crippen molar-refractivity contribution in [3.8, 4) is 5.75 Å². The van der Waals surface area contributed by atoms with Crippen LogP contribution in [0.25, 0.3) is 0 Å². The summed E-state index contributed by atoms with van der Waals surface area (Å²) in [6.45, 7) is 18.1. The first-order chi connectivity index (χ1) is 9.69. The van der Waals surface area contributed by atoms with E-state index >= 15 is 0 Å². The SMILES string of the molecule is CC(C)(C)Nc1ccc(OC(C)(C)C)cc1C(=O)C(C)(C)C. The van der Waals surface area contributed by atoms with E-state index in [4.69, 9.17) is 4.74 Å². The van der Waals surface area contributed by atoms with Gasteiger partial charge in [-0.1, -0.05) is 20.8 Å². The number of hydrogen-bond donors (Lipinski definition) is 1. The summed E-state index contributed by atoms with van der Waals surface area (Å²) >= 11 is 0. The molecule has 1 aromatic rings. The number of Topliss-reactive ketones (excluding diaryl/α,β-unsaturated/α-hetero) is 1. The molecule has 0 fully saturated rings. The zero-order chi connectivity index (χ0) is 17.3. The summed E-state index contributed by atoms with van der Waals surface area (Å²) in [4.78, 5) is 12.8. The number of anilines is 1. The topological polar surface area (TPSA) is 38.3 Å². The van der Waals surface area contributed by atoms with E-state index in [1.165, 1.54) is 0 Å². The monoisotopic (exact) mass is 305 g/mol.